The molecular weight excluding hydrogens is 268 g/mol. The number of rotatable bonds is 7. The normalized spacial score (nSPS) is 12.2. The van der Waals surface area contributed by atoms with Gasteiger partial charge in [-0.3, -0.25) is 9.59 Å². The third-order valence-electron chi connectivity index (χ3n) is 3.45. The van der Waals surface area contributed by atoms with E-state index < -0.39 is 5.97 Å². The van der Waals surface area contributed by atoms with E-state index in [1.165, 1.54) is 10.9 Å². The molecule has 5 heteroatoms. The van der Waals surface area contributed by atoms with Crippen LogP contribution in [0.3, 0.4) is 0 Å². The van der Waals surface area contributed by atoms with Crippen LogP contribution < -0.4 is 5.32 Å². The molecule has 0 radical (unpaired) electrons. The maximum Gasteiger partial charge on any atom is 0.303 e. The van der Waals surface area contributed by atoms with E-state index in [-0.39, 0.29) is 24.7 Å². The summed E-state index contributed by atoms with van der Waals surface area (Å²) in [5, 5.41) is 12.7. The molecule has 0 aliphatic heterocycles. The molecule has 21 heavy (non-hydrogen) atoms. The second-order valence-electron chi connectivity index (χ2n) is 5.37. The van der Waals surface area contributed by atoms with Crippen molar-refractivity contribution in [3.05, 3.63) is 36.0 Å². The van der Waals surface area contributed by atoms with Crippen LogP contribution in [0.2, 0.25) is 0 Å². The van der Waals surface area contributed by atoms with Crippen LogP contribution in [0.1, 0.15) is 25.3 Å². The zero-order valence-corrected chi connectivity index (χ0v) is 12.1. The minimum absolute atomic E-state index is 0.0237. The lowest BCUT2D eigenvalue weighted by Gasteiger charge is -2.09. The number of hydrogen-bond acceptors (Lipinski definition) is 2. The molecule has 0 saturated carbocycles. The zero-order chi connectivity index (χ0) is 15.2. The second-order valence-corrected chi connectivity index (χ2v) is 5.37. The smallest absolute Gasteiger partial charge is 0.303 e. The molecule has 1 amide bonds. The molecule has 2 aromatic rings. The average molecular weight is 288 g/mol. The van der Waals surface area contributed by atoms with Crippen molar-refractivity contribution >= 4 is 22.8 Å². The lowest BCUT2D eigenvalue weighted by atomic mass is 10.0. The van der Waals surface area contributed by atoms with Gasteiger partial charge in [-0.2, -0.15) is 0 Å². The Balaban J connectivity index is 1.79. The SMILES string of the molecule is CC(CC(=O)O)CC(=O)NCCc1c[nH]c2ccccc12. The van der Waals surface area contributed by atoms with Gasteiger partial charge in [-0.25, -0.2) is 0 Å². The number of carboxylic acid groups (broad SMARTS) is 1. The monoisotopic (exact) mass is 288 g/mol. The predicted molar refractivity (Wildman–Crippen MR) is 81.0 cm³/mol. The number of aliphatic carboxylic acids is 1. The van der Waals surface area contributed by atoms with E-state index in [0.29, 0.717) is 6.54 Å². The molecule has 1 heterocycles. The van der Waals surface area contributed by atoms with Gasteiger partial charge in [0.15, 0.2) is 0 Å². The molecule has 0 fully saturated rings. The Bertz CT molecular complexity index is 633. The van der Waals surface area contributed by atoms with Crippen LogP contribution in [0.25, 0.3) is 10.9 Å². The highest BCUT2D eigenvalue weighted by Crippen LogP contribution is 2.17. The number of aromatic nitrogens is 1. The lowest BCUT2D eigenvalue weighted by molar-refractivity contribution is -0.138. The third kappa shape index (κ3) is 4.34. The van der Waals surface area contributed by atoms with E-state index in [2.05, 4.69) is 16.4 Å². The van der Waals surface area contributed by atoms with Crippen molar-refractivity contribution in [1.29, 1.82) is 0 Å². The number of nitrogens with one attached hydrogen (secondary N) is 2. The van der Waals surface area contributed by atoms with E-state index in [0.717, 1.165) is 11.9 Å². The van der Waals surface area contributed by atoms with Gasteiger partial charge in [0.25, 0.3) is 0 Å². The highest BCUT2D eigenvalue weighted by Gasteiger charge is 2.12. The molecule has 0 spiro atoms. The molecule has 5 nitrogen and oxygen atoms in total. The van der Waals surface area contributed by atoms with Crippen molar-refractivity contribution in [2.75, 3.05) is 6.54 Å². The van der Waals surface area contributed by atoms with Crippen molar-refractivity contribution in [3.63, 3.8) is 0 Å². The number of para-hydroxylation sites is 1. The summed E-state index contributed by atoms with van der Waals surface area (Å²) in [6.45, 7) is 2.33. The summed E-state index contributed by atoms with van der Waals surface area (Å²) in [6, 6.07) is 8.04. The molecule has 3 N–H and O–H groups in total. The maximum absolute atomic E-state index is 11.7. The molecule has 2 rings (SSSR count). The fourth-order valence-electron chi connectivity index (χ4n) is 2.43. The molecule has 0 bridgehead atoms. The molecule has 0 saturated heterocycles. The first-order chi connectivity index (χ1) is 10.1. The van der Waals surface area contributed by atoms with Crippen molar-refractivity contribution < 1.29 is 14.7 Å². The number of carbonyl (C=O) groups is 2. The summed E-state index contributed by atoms with van der Waals surface area (Å²) in [4.78, 5) is 25.5. The Hall–Kier alpha value is -2.30. The van der Waals surface area contributed by atoms with Crippen LogP contribution in [0.5, 0.6) is 0 Å². The van der Waals surface area contributed by atoms with Crippen LogP contribution in [0.15, 0.2) is 30.5 Å². The summed E-state index contributed by atoms with van der Waals surface area (Å²) in [5.41, 5.74) is 2.26. The Morgan fingerprint density at radius 3 is 2.81 bits per heavy atom. The summed E-state index contributed by atoms with van der Waals surface area (Å²) >= 11 is 0. The van der Waals surface area contributed by atoms with Gasteiger partial charge in [0.1, 0.15) is 0 Å². The molecule has 1 aromatic carbocycles. The van der Waals surface area contributed by atoms with Gasteiger partial charge >= 0.3 is 5.97 Å². The zero-order valence-electron chi connectivity index (χ0n) is 12.1. The van der Waals surface area contributed by atoms with E-state index in [4.69, 9.17) is 5.11 Å². The number of amides is 1. The quantitative estimate of drug-likeness (QED) is 0.731. The van der Waals surface area contributed by atoms with Gasteiger partial charge in [0.2, 0.25) is 5.91 Å². The molecule has 1 unspecified atom stereocenters. The summed E-state index contributed by atoms with van der Waals surface area (Å²) < 4.78 is 0. The number of carbonyl (C=O) groups excluding carboxylic acids is 1. The highest BCUT2D eigenvalue weighted by molar-refractivity contribution is 5.83. The van der Waals surface area contributed by atoms with E-state index in [1.54, 1.807) is 6.92 Å². The molecule has 1 atom stereocenters. The fourth-order valence-corrected chi connectivity index (χ4v) is 2.43. The summed E-state index contributed by atoms with van der Waals surface area (Å²) in [5.74, 6) is -1.10. The van der Waals surface area contributed by atoms with Crippen LogP contribution in [-0.2, 0) is 16.0 Å². The van der Waals surface area contributed by atoms with Crippen LogP contribution in [-0.4, -0.2) is 28.5 Å². The minimum Gasteiger partial charge on any atom is -0.481 e. The number of carboxylic acids is 1. The molecular formula is C16H20N2O3. The maximum atomic E-state index is 11.7. The third-order valence-corrected chi connectivity index (χ3v) is 3.45. The molecule has 0 aliphatic rings. The Morgan fingerprint density at radius 2 is 2.05 bits per heavy atom. The number of benzene rings is 1. The van der Waals surface area contributed by atoms with Gasteiger partial charge in [-0.1, -0.05) is 25.1 Å². The van der Waals surface area contributed by atoms with E-state index in [9.17, 15) is 9.59 Å². The fraction of sp³-hybridized carbons (Fsp3) is 0.375. The first kappa shape index (κ1) is 15.1. The minimum atomic E-state index is -0.867. The molecule has 0 aliphatic carbocycles. The summed E-state index contributed by atoms with van der Waals surface area (Å²) in [7, 11) is 0. The van der Waals surface area contributed by atoms with E-state index >= 15 is 0 Å². The van der Waals surface area contributed by atoms with Crippen molar-refractivity contribution in [1.82, 2.24) is 10.3 Å². The predicted octanol–water partition coefficient (Wildman–Crippen LogP) is 2.33. The van der Waals surface area contributed by atoms with Crippen molar-refractivity contribution in [3.8, 4) is 0 Å². The second kappa shape index (κ2) is 6.92. The van der Waals surface area contributed by atoms with Crippen LogP contribution in [0.4, 0.5) is 0 Å². The number of aromatic amines is 1. The first-order valence-electron chi connectivity index (χ1n) is 7.09. The van der Waals surface area contributed by atoms with Gasteiger partial charge in [0, 0.05) is 36.5 Å². The van der Waals surface area contributed by atoms with Gasteiger partial charge in [0.05, 0.1) is 0 Å². The standard InChI is InChI=1S/C16H20N2O3/c1-11(9-16(20)21)8-15(19)17-7-6-12-10-18-14-5-3-2-4-13(12)14/h2-5,10-11,18H,6-9H2,1H3,(H,17,19)(H,20,21). The highest BCUT2D eigenvalue weighted by atomic mass is 16.4. The van der Waals surface area contributed by atoms with E-state index in [1.807, 2.05) is 24.4 Å². The van der Waals surface area contributed by atoms with Gasteiger partial charge in [-0.05, 0) is 24.0 Å². The molecule has 112 valence electrons. The van der Waals surface area contributed by atoms with Crippen LogP contribution in [0, 0.1) is 5.92 Å². The average Bonchev–Trinajstić information content (AvgIpc) is 2.81. The van der Waals surface area contributed by atoms with Gasteiger partial charge < -0.3 is 15.4 Å². The van der Waals surface area contributed by atoms with Crippen molar-refractivity contribution in [2.24, 2.45) is 5.92 Å². The van der Waals surface area contributed by atoms with Gasteiger partial charge in [-0.15, -0.1) is 0 Å². The van der Waals surface area contributed by atoms with Crippen molar-refractivity contribution in [2.45, 2.75) is 26.2 Å². The Labute approximate surface area is 123 Å². The topological polar surface area (TPSA) is 82.2 Å². The molecule has 1 aromatic heterocycles. The Kier molecular flexibility index (Phi) is 4.98. The largest absolute Gasteiger partial charge is 0.481 e. The number of H-pyrrole nitrogens is 1. The first-order valence-corrected chi connectivity index (χ1v) is 7.09. The Morgan fingerprint density at radius 1 is 1.29 bits per heavy atom. The number of hydrogen-bond donors (Lipinski definition) is 3. The number of fused-ring (bicyclic) bond motifs is 1. The summed E-state index contributed by atoms with van der Waals surface area (Å²) in [6.07, 6.45) is 2.99. The van der Waals surface area contributed by atoms with Crippen LogP contribution >= 0.6 is 0 Å². The lowest BCUT2D eigenvalue weighted by Crippen LogP contribution is -2.27.